The number of hydrogen-bond acceptors (Lipinski definition) is 3. The summed E-state index contributed by atoms with van der Waals surface area (Å²) in [4.78, 5) is 4.17. The summed E-state index contributed by atoms with van der Waals surface area (Å²) in [7, 11) is 1.91. The third-order valence-corrected chi connectivity index (χ3v) is 3.23. The van der Waals surface area contributed by atoms with Gasteiger partial charge in [-0.2, -0.15) is 5.10 Å². The molecule has 0 aromatic carbocycles. The summed E-state index contributed by atoms with van der Waals surface area (Å²) in [6.07, 6.45) is 1.59. The zero-order valence-corrected chi connectivity index (χ0v) is 10.4. The summed E-state index contributed by atoms with van der Waals surface area (Å²) in [5.41, 5.74) is 0.318. The molecule has 1 heterocycles. The molecule has 0 saturated heterocycles. The van der Waals surface area contributed by atoms with Crippen LogP contribution in [0.15, 0.2) is 6.33 Å². The number of hydrogen-bond donors (Lipinski definition) is 1. The second kappa shape index (κ2) is 4.75. The van der Waals surface area contributed by atoms with Gasteiger partial charge in [-0.05, 0) is 11.3 Å². The van der Waals surface area contributed by atoms with Crippen LogP contribution in [0.4, 0.5) is 0 Å². The van der Waals surface area contributed by atoms with E-state index >= 15 is 0 Å². The molecule has 1 aromatic rings. The highest BCUT2D eigenvalue weighted by Crippen LogP contribution is 2.24. The summed E-state index contributed by atoms with van der Waals surface area (Å²) in [5.74, 6) is 1.65. The number of rotatable bonds is 5. The van der Waals surface area contributed by atoms with Crippen molar-refractivity contribution in [3.63, 3.8) is 0 Å². The molecule has 86 valence electrons. The number of nitrogens with one attached hydrogen (secondary N) is 1. The predicted octanol–water partition coefficient (Wildman–Crippen LogP) is 1.59. The van der Waals surface area contributed by atoms with Crippen molar-refractivity contribution >= 4 is 0 Å². The van der Waals surface area contributed by atoms with Crippen LogP contribution in [0.2, 0.25) is 0 Å². The van der Waals surface area contributed by atoms with Crippen molar-refractivity contribution in [3.05, 3.63) is 12.2 Å². The molecule has 0 bridgehead atoms. The van der Waals surface area contributed by atoms with Crippen LogP contribution in [0.5, 0.6) is 0 Å². The molecule has 1 N–H and O–H groups in total. The maximum Gasteiger partial charge on any atom is 0.140 e. The Kier molecular flexibility index (Phi) is 3.85. The lowest BCUT2D eigenvalue weighted by atomic mass is 9.81. The van der Waals surface area contributed by atoms with E-state index in [4.69, 9.17) is 0 Å². The van der Waals surface area contributed by atoms with Gasteiger partial charge >= 0.3 is 0 Å². The fourth-order valence-corrected chi connectivity index (χ4v) is 1.18. The van der Waals surface area contributed by atoms with Crippen LogP contribution in [0.25, 0.3) is 0 Å². The van der Waals surface area contributed by atoms with E-state index in [-0.39, 0.29) is 0 Å². The van der Waals surface area contributed by atoms with E-state index in [1.807, 2.05) is 7.05 Å². The lowest BCUT2D eigenvalue weighted by Crippen LogP contribution is -2.33. The van der Waals surface area contributed by atoms with E-state index in [0.717, 1.165) is 18.9 Å². The van der Waals surface area contributed by atoms with Gasteiger partial charge in [-0.25, -0.2) is 4.98 Å². The molecule has 15 heavy (non-hydrogen) atoms. The van der Waals surface area contributed by atoms with Crippen molar-refractivity contribution in [2.24, 2.45) is 18.4 Å². The SMILES string of the molecule is CC(C)C(C)(C)CNCc1ncnn1C. The smallest absolute Gasteiger partial charge is 0.140 e. The zero-order chi connectivity index (χ0) is 11.5. The third-order valence-electron chi connectivity index (χ3n) is 3.23. The quantitative estimate of drug-likeness (QED) is 0.802. The van der Waals surface area contributed by atoms with Gasteiger partial charge in [0.05, 0.1) is 6.54 Å². The summed E-state index contributed by atoms with van der Waals surface area (Å²) < 4.78 is 1.80. The molecule has 1 rings (SSSR count). The first-order valence-electron chi connectivity index (χ1n) is 5.47. The molecule has 0 fully saturated rings. The fourth-order valence-electron chi connectivity index (χ4n) is 1.18. The molecule has 1 aromatic heterocycles. The van der Waals surface area contributed by atoms with E-state index in [1.165, 1.54) is 0 Å². The Morgan fingerprint density at radius 3 is 2.60 bits per heavy atom. The minimum Gasteiger partial charge on any atom is -0.309 e. The molecule has 0 aliphatic rings. The van der Waals surface area contributed by atoms with Crippen molar-refractivity contribution in [1.82, 2.24) is 20.1 Å². The number of aryl methyl sites for hydroxylation is 1. The Labute approximate surface area is 92.1 Å². The standard InChI is InChI=1S/C11H22N4/c1-9(2)11(3,4)7-12-6-10-13-8-14-15(10)5/h8-9,12H,6-7H2,1-5H3. The van der Waals surface area contributed by atoms with Gasteiger partial charge in [0, 0.05) is 13.6 Å². The monoisotopic (exact) mass is 210 g/mol. The largest absolute Gasteiger partial charge is 0.309 e. The number of aromatic nitrogens is 3. The number of nitrogens with zero attached hydrogens (tertiary/aromatic N) is 3. The lowest BCUT2D eigenvalue weighted by molar-refractivity contribution is 0.236. The molecular weight excluding hydrogens is 188 g/mol. The Morgan fingerprint density at radius 1 is 1.47 bits per heavy atom. The summed E-state index contributed by atoms with van der Waals surface area (Å²) >= 11 is 0. The van der Waals surface area contributed by atoms with Crippen LogP contribution < -0.4 is 5.32 Å². The van der Waals surface area contributed by atoms with Gasteiger partial charge in [0.1, 0.15) is 12.2 Å². The first-order chi connectivity index (χ1) is 6.93. The molecule has 0 atom stereocenters. The first kappa shape index (κ1) is 12.2. The molecule has 0 spiro atoms. The molecule has 4 nitrogen and oxygen atoms in total. The highest BCUT2D eigenvalue weighted by atomic mass is 15.3. The summed E-state index contributed by atoms with van der Waals surface area (Å²) in [5, 5.41) is 7.46. The second-order valence-electron chi connectivity index (χ2n) is 5.05. The summed E-state index contributed by atoms with van der Waals surface area (Å²) in [6, 6.07) is 0. The van der Waals surface area contributed by atoms with Crippen LogP contribution >= 0.6 is 0 Å². The van der Waals surface area contributed by atoms with Crippen LogP contribution in [-0.2, 0) is 13.6 Å². The highest BCUT2D eigenvalue weighted by molar-refractivity contribution is 4.84. The van der Waals surface area contributed by atoms with Gasteiger partial charge in [0.15, 0.2) is 0 Å². The zero-order valence-electron chi connectivity index (χ0n) is 10.4. The van der Waals surface area contributed by atoms with Crippen molar-refractivity contribution < 1.29 is 0 Å². The van der Waals surface area contributed by atoms with Gasteiger partial charge in [-0.3, -0.25) is 4.68 Å². The van der Waals surface area contributed by atoms with E-state index in [2.05, 4.69) is 43.1 Å². The van der Waals surface area contributed by atoms with Crippen molar-refractivity contribution in [2.75, 3.05) is 6.54 Å². The molecule has 0 aliphatic carbocycles. The Hall–Kier alpha value is -0.900. The van der Waals surface area contributed by atoms with E-state index in [1.54, 1.807) is 11.0 Å². The Bertz CT molecular complexity index is 301. The average Bonchev–Trinajstić information content (AvgIpc) is 2.51. The van der Waals surface area contributed by atoms with Crippen molar-refractivity contribution in [2.45, 2.75) is 34.2 Å². The van der Waals surface area contributed by atoms with Crippen molar-refractivity contribution in [3.8, 4) is 0 Å². The van der Waals surface area contributed by atoms with E-state index in [0.29, 0.717) is 11.3 Å². The molecule has 0 radical (unpaired) electrons. The topological polar surface area (TPSA) is 42.7 Å². The lowest BCUT2D eigenvalue weighted by Gasteiger charge is -2.29. The Balaban J connectivity index is 2.37. The minimum absolute atomic E-state index is 0.318. The molecule has 0 saturated carbocycles. The van der Waals surface area contributed by atoms with Crippen LogP contribution in [-0.4, -0.2) is 21.3 Å². The molecule has 0 aliphatic heterocycles. The van der Waals surface area contributed by atoms with Crippen LogP contribution in [0, 0.1) is 11.3 Å². The maximum atomic E-state index is 4.17. The van der Waals surface area contributed by atoms with Crippen LogP contribution in [0.1, 0.15) is 33.5 Å². The van der Waals surface area contributed by atoms with Crippen LogP contribution in [0.3, 0.4) is 0 Å². The second-order valence-corrected chi connectivity index (χ2v) is 5.05. The van der Waals surface area contributed by atoms with Crippen molar-refractivity contribution in [1.29, 1.82) is 0 Å². The van der Waals surface area contributed by atoms with Gasteiger partial charge in [0.2, 0.25) is 0 Å². The fraction of sp³-hybridized carbons (Fsp3) is 0.818. The molecule has 0 amide bonds. The maximum absolute atomic E-state index is 4.17. The van der Waals surface area contributed by atoms with Gasteiger partial charge < -0.3 is 5.32 Å². The third kappa shape index (κ3) is 3.30. The van der Waals surface area contributed by atoms with Gasteiger partial charge in [-0.1, -0.05) is 27.7 Å². The average molecular weight is 210 g/mol. The van der Waals surface area contributed by atoms with E-state index < -0.39 is 0 Å². The Morgan fingerprint density at radius 2 is 2.13 bits per heavy atom. The van der Waals surface area contributed by atoms with E-state index in [9.17, 15) is 0 Å². The normalized spacial score (nSPS) is 12.4. The minimum atomic E-state index is 0.318. The molecule has 0 unspecified atom stereocenters. The van der Waals surface area contributed by atoms with Gasteiger partial charge in [0.25, 0.3) is 0 Å². The highest BCUT2D eigenvalue weighted by Gasteiger charge is 2.21. The molecular formula is C11H22N4. The molecule has 4 heteroatoms. The first-order valence-corrected chi connectivity index (χ1v) is 5.47. The van der Waals surface area contributed by atoms with Gasteiger partial charge in [-0.15, -0.1) is 0 Å². The summed E-state index contributed by atoms with van der Waals surface area (Å²) in [6.45, 7) is 10.8. The predicted molar refractivity (Wildman–Crippen MR) is 61.3 cm³/mol.